The van der Waals surface area contributed by atoms with Crippen LogP contribution in [0.3, 0.4) is 0 Å². The van der Waals surface area contributed by atoms with Crippen molar-refractivity contribution in [2.45, 2.75) is 11.3 Å². The SMILES string of the molecule is Cn1cc(CCNS(=O)(=O)c2ccc(Br)cc2Br)cn1. The van der Waals surface area contributed by atoms with Crippen LogP contribution in [0.1, 0.15) is 5.56 Å². The molecular formula is C12H13Br2N3O2S. The Kier molecular flexibility index (Phi) is 5.00. The Bertz CT molecular complexity index is 713. The second kappa shape index (κ2) is 6.38. The van der Waals surface area contributed by atoms with E-state index < -0.39 is 10.0 Å². The Labute approximate surface area is 134 Å². The zero-order valence-electron chi connectivity index (χ0n) is 10.7. The number of nitrogens with one attached hydrogen (secondary N) is 1. The van der Waals surface area contributed by atoms with Crippen LogP contribution in [0.4, 0.5) is 0 Å². The molecule has 20 heavy (non-hydrogen) atoms. The Morgan fingerprint density at radius 1 is 1.35 bits per heavy atom. The maximum absolute atomic E-state index is 12.2. The highest BCUT2D eigenvalue weighted by atomic mass is 79.9. The Hall–Kier alpha value is -0.700. The van der Waals surface area contributed by atoms with Gasteiger partial charge in [0.2, 0.25) is 10.0 Å². The van der Waals surface area contributed by atoms with E-state index in [4.69, 9.17) is 0 Å². The molecule has 1 heterocycles. The minimum Gasteiger partial charge on any atom is -0.276 e. The molecule has 0 saturated carbocycles. The largest absolute Gasteiger partial charge is 0.276 e. The third kappa shape index (κ3) is 3.91. The maximum atomic E-state index is 12.2. The Morgan fingerprint density at radius 2 is 2.10 bits per heavy atom. The van der Waals surface area contributed by atoms with Gasteiger partial charge in [-0.3, -0.25) is 4.68 Å². The molecular weight excluding hydrogens is 410 g/mol. The summed E-state index contributed by atoms with van der Waals surface area (Å²) in [4.78, 5) is 0.229. The van der Waals surface area contributed by atoms with Crippen molar-refractivity contribution < 1.29 is 8.42 Å². The number of benzene rings is 1. The molecule has 0 saturated heterocycles. The minimum atomic E-state index is -3.52. The lowest BCUT2D eigenvalue weighted by Gasteiger charge is -2.08. The molecule has 0 bridgehead atoms. The lowest BCUT2D eigenvalue weighted by atomic mass is 10.3. The van der Waals surface area contributed by atoms with Crippen molar-refractivity contribution in [1.29, 1.82) is 0 Å². The van der Waals surface area contributed by atoms with E-state index in [1.807, 2.05) is 13.2 Å². The van der Waals surface area contributed by atoms with E-state index >= 15 is 0 Å². The van der Waals surface area contributed by atoms with Crippen molar-refractivity contribution in [1.82, 2.24) is 14.5 Å². The van der Waals surface area contributed by atoms with Gasteiger partial charge < -0.3 is 0 Å². The standard InChI is InChI=1S/C12H13Br2N3O2S/c1-17-8-9(7-15-17)4-5-16-20(18,19)12-3-2-10(13)6-11(12)14/h2-3,6-8,16H,4-5H2,1H3. The highest BCUT2D eigenvalue weighted by molar-refractivity contribution is 9.11. The van der Waals surface area contributed by atoms with Crippen molar-refractivity contribution in [2.75, 3.05) is 6.54 Å². The van der Waals surface area contributed by atoms with E-state index in [0.717, 1.165) is 10.0 Å². The average molecular weight is 423 g/mol. The van der Waals surface area contributed by atoms with Crippen molar-refractivity contribution >= 4 is 41.9 Å². The number of sulfonamides is 1. The molecule has 0 fully saturated rings. The smallest absolute Gasteiger partial charge is 0.241 e. The van der Waals surface area contributed by atoms with Crippen LogP contribution in [-0.2, 0) is 23.5 Å². The Balaban J connectivity index is 2.04. The average Bonchev–Trinajstić information content (AvgIpc) is 2.74. The van der Waals surface area contributed by atoms with Crippen LogP contribution in [0.2, 0.25) is 0 Å². The Morgan fingerprint density at radius 3 is 2.70 bits per heavy atom. The molecule has 2 aromatic rings. The fraction of sp³-hybridized carbons (Fsp3) is 0.250. The van der Waals surface area contributed by atoms with Crippen molar-refractivity contribution in [2.24, 2.45) is 7.05 Å². The number of hydrogen-bond acceptors (Lipinski definition) is 3. The van der Waals surface area contributed by atoms with E-state index in [-0.39, 0.29) is 4.90 Å². The molecule has 0 atom stereocenters. The van der Waals surface area contributed by atoms with Gasteiger partial charge in [-0.1, -0.05) is 15.9 Å². The number of nitrogens with zero attached hydrogens (tertiary/aromatic N) is 2. The lowest BCUT2D eigenvalue weighted by molar-refractivity contribution is 0.581. The van der Waals surface area contributed by atoms with E-state index in [0.29, 0.717) is 17.4 Å². The first kappa shape index (κ1) is 15.7. The summed E-state index contributed by atoms with van der Waals surface area (Å²) in [6.07, 6.45) is 4.19. The molecule has 0 aliphatic rings. The van der Waals surface area contributed by atoms with Gasteiger partial charge in [-0.15, -0.1) is 0 Å². The molecule has 0 unspecified atom stereocenters. The number of aromatic nitrogens is 2. The van der Waals surface area contributed by atoms with Crippen LogP contribution < -0.4 is 4.72 Å². The molecule has 2 rings (SSSR count). The molecule has 108 valence electrons. The summed E-state index contributed by atoms with van der Waals surface area (Å²) in [6, 6.07) is 4.96. The van der Waals surface area contributed by atoms with Gasteiger partial charge in [0.1, 0.15) is 0 Å². The summed E-state index contributed by atoms with van der Waals surface area (Å²) >= 11 is 6.55. The summed E-state index contributed by atoms with van der Waals surface area (Å²) in [6.45, 7) is 0.330. The van der Waals surface area contributed by atoms with Crippen molar-refractivity contribution in [3.8, 4) is 0 Å². The molecule has 0 radical (unpaired) electrons. The van der Waals surface area contributed by atoms with Crippen LogP contribution in [0.15, 0.2) is 44.4 Å². The third-order valence-electron chi connectivity index (χ3n) is 2.65. The van der Waals surface area contributed by atoms with Crippen molar-refractivity contribution in [3.63, 3.8) is 0 Å². The van der Waals surface area contributed by atoms with Gasteiger partial charge >= 0.3 is 0 Å². The van der Waals surface area contributed by atoms with Crippen LogP contribution >= 0.6 is 31.9 Å². The molecule has 0 aliphatic heterocycles. The molecule has 0 amide bonds. The molecule has 0 aliphatic carbocycles. The zero-order chi connectivity index (χ0) is 14.8. The summed E-state index contributed by atoms with van der Waals surface area (Å²) in [5.41, 5.74) is 0.991. The van der Waals surface area contributed by atoms with Crippen molar-refractivity contribution in [3.05, 3.63) is 45.1 Å². The summed E-state index contributed by atoms with van der Waals surface area (Å²) in [5, 5.41) is 4.04. The van der Waals surface area contributed by atoms with E-state index in [2.05, 4.69) is 41.7 Å². The van der Waals surface area contributed by atoms with E-state index in [9.17, 15) is 8.42 Å². The maximum Gasteiger partial charge on any atom is 0.241 e. The highest BCUT2D eigenvalue weighted by Crippen LogP contribution is 2.25. The zero-order valence-corrected chi connectivity index (χ0v) is 14.7. The van der Waals surface area contributed by atoms with Gasteiger partial charge in [0.15, 0.2) is 0 Å². The van der Waals surface area contributed by atoms with Gasteiger partial charge in [0.25, 0.3) is 0 Å². The minimum absolute atomic E-state index is 0.229. The highest BCUT2D eigenvalue weighted by Gasteiger charge is 2.17. The summed E-state index contributed by atoms with van der Waals surface area (Å²) in [5.74, 6) is 0. The monoisotopic (exact) mass is 421 g/mol. The summed E-state index contributed by atoms with van der Waals surface area (Å²) < 4.78 is 30.0. The van der Waals surface area contributed by atoms with E-state index in [1.54, 1.807) is 29.1 Å². The number of aryl methyl sites for hydroxylation is 1. The van der Waals surface area contributed by atoms with Crippen LogP contribution in [0.25, 0.3) is 0 Å². The normalized spacial score (nSPS) is 11.8. The summed E-state index contributed by atoms with van der Waals surface area (Å²) in [7, 11) is -1.69. The molecule has 1 aromatic heterocycles. The number of rotatable bonds is 5. The van der Waals surface area contributed by atoms with Crippen LogP contribution in [0, 0.1) is 0 Å². The third-order valence-corrected chi connectivity index (χ3v) is 5.58. The second-order valence-corrected chi connectivity index (χ2v) is 7.75. The molecule has 1 aromatic carbocycles. The first-order valence-electron chi connectivity index (χ1n) is 5.81. The first-order valence-corrected chi connectivity index (χ1v) is 8.87. The predicted molar refractivity (Wildman–Crippen MR) is 83.9 cm³/mol. The van der Waals surface area contributed by atoms with E-state index in [1.165, 1.54) is 0 Å². The topological polar surface area (TPSA) is 64.0 Å². The molecule has 1 N–H and O–H groups in total. The fourth-order valence-corrected chi connectivity index (χ4v) is 4.48. The van der Waals surface area contributed by atoms with Gasteiger partial charge in [-0.05, 0) is 46.1 Å². The van der Waals surface area contributed by atoms with Crippen LogP contribution in [0.5, 0.6) is 0 Å². The number of halogens is 2. The van der Waals surface area contributed by atoms with Crippen LogP contribution in [-0.4, -0.2) is 24.7 Å². The first-order chi connectivity index (χ1) is 9.38. The second-order valence-electron chi connectivity index (χ2n) is 4.24. The van der Waals surface area contributed by atoms with Gasteiger partial charge in [0.05, 0.1) is 11.1 Å². The predicted octanol–water partition coefficient (Wildman–Crippen LogP) is 2.47. The van der Waals surface area contributed by atoms with Gasteiger partial charge in [-0.25, -0.2) is 13.1 Å². The fourth-order valence-electron chi connectivity index (χ4n) is 1.70. The lowest BCUT2D eigenvalue weighted by Crippen LogP contribution is -2.26. The number of hydrogen-bond donors (Lipinski definition) is 1. The van der Waals surface area contributed by atoms with Gasteiger partial charge in [-0.2, -0.15) is 5.10 Å². The van der Waals surface area contributed by atoms with Gasteiger partial charge in [0, 0.05) is 28.7 Å². The molecule has 0 spiro atoms. The molecule has 8 heteroatoms. The quantitative estimate of drug-likeness (QED) is 0.804. The molecule has 5 nitrogen and oxygen atoms in total.